The van der Waals surface area contributed by atoms with Crippen LogP contribution in [0.2, 0.25) is 0 Å². The fourth-order valence-corrected chi connectivity index (χ4v) is 2.78. The molecule has 0 unspecified atom stereocenters. The third-order valence-electron chi connectivity index (χ3n) is 3.48. The summed E-state index contributed by atoms with van der Waals surface area (Å²) < 4.78 is 0. The van der Waals surface area contributed by atoms with Crippen LogP contribution < -0.4 is 0 Å². The molecule has 0 aromatic heterocycles. The Balaban J connectivity index is 2.11. The molecule has 0 saturated heterocycles. The van der Waals surface area contributed by atoms with Gasteiger partial charge in [0.05, 0.1) is 0 Å². The molecule has 0 aromatic rings. The standard InChI is InChI=1S/C12H12O/c13-12-10-3-1-2-4-11(12)9-6-5-8(10)7-9/h1-6,8-11H,7H2/t8-,9+,10-,11-/m0/s1. The van der Waals surface area contributed by atoms with Gasteiger partial charge in [0.25, 0.3) is 0 Å². The predicted molar refractivity (Wildman–Crippen MR) is 51.0 cm³/mol. The molecule has 1 saturated carbocycles. The van der Waals surface area contributed by atoms with E-state index in [1.807, 2.05) is 12.2 Å². The van der Waals surface area contributed by atoms with Gasteiger partial charge >= 0.3 is 0 Å². The summed E-state index contributed by atoms with van der Waals surface area (Å²) in [6.07, 6.45) is 13.8. The van der Waals surface area contributed by atoms with E-state index in [1.165, 1.54) is 6.42 Å². The highest BCUT2D eigenvalue weighted by Crippen LogP contribution is 2.43. The molecule has 13 heavy (non-hydrogen) atoms. The molecule has 1 heteroatoms. The Morgan fingerprint density at radius 2 is 1.46 bits per heavy atom. The van der Waals surface area contributed by atoms with Crippen molar-refractivity contribution in [2.75, 3.05) is 0 Å². The Hall–Kier alpha value is -1.11. The fourth-order valence-electron chi connectivity index (χ4n) is 2.78. The summed E-state index contributed by atoms with van der Waals surface area (Å²) in [6.45, 7) is 0. The van der Waals surface area contributed by atoms with Crippen LogP contribution in [0.3, 0.4) is 0 Å². The van der Waals surface area contributed by atoms with Gasteiger partial charge in [-0.1, -0.05) is 36.5 Å². The van der Waals surface area contributed by atoms with Crippen LogP contribution in [-0.2, 0) is 4.79 Å². The number of hydrogen-bond acceptors (Lipinski definition) is 1. The summed E-state index contributed by atoms with van der Waals surface area (Å²) in [5.41, 5.74) is 0. The molecular formula is C12H12O. The van der Waals surface area contributed by atoms with Gasteiger partial charge in [0.1, 0.15) is 5.78 Å². The minimum atomic E-state index is 0.162. The van der Waals surface area contributed by atoms with E-state index in [1.54, 1.807) is 0 Å². The van der Waals surface area contributed by atoms with Crippen LogP contribution in [0.15, 0.2) is 36.5 Å². The molecule has 1 fully saturated rings. The number of Topliss-reactive ketones (excluding diaryl/α,β-unsaturated/α-hetero) is 1. The van der Waals surface area contributed by atoms with Crippen LogP contribution >= 0.6 is 0 Å². The second kappa shape index (κ2) is 2.44. The molecule has 66 valence electrons. The minimum absolute atomic E-state index is 0.162. The molecule has 0 aliphatic heterocycles. The first-order valence-electron chi connectivity index (χ1n) is 4.93. The molecule has 0 heterocycles. The Bertz CT molecular complexity index is 305. The van der Waals surface area contributed by atoms with E-state index in [4.69, 9.17) is 0 Å². The number of hydrogen-bond donors (Lipinski definition) is 0. The quantitative estimate of drug-likeness (QED) is 0.511. The number of ketones is 1. The maximum atomic E-state index is 11.9. The van der Waals surface area contributed by atoms with Crippen LogP contribution in [0.5, 0.6) is 0 Å². The smallest absolute Gasteiger partial charge is 0.147 e. The highest BCUT2D eigenvalue weighted by Gasteiger charge is 2.42. The number of rotatable bonds is 0. The number of allylic oxidation sites excluding steroid dienone is 6. The Morgan fingerprint density at radius 1 is 0.923 bits per heavy atom. The molecule has 3 aliphatic rings. The normalized spacial score (nSPS) is 45.4. The molecule has 0 spiro atoms. The highest BCUT2D eigenvalue weighted by molar-refractivity contribution is 5.89. The van der Waals surface area contributed by atoms with Gasteiger partial charge in [-0.25, -0.2) is 0 Å². The van der Waals surface area contributed by atoms with E-state index < -0.39 is 0 Å². The average Bonchev–Trinajstić information content (AvgIpc) is 2.51. The van der Waals surface area contributed by atoms with Gasteiger partial charge < -0.3 is 0 Å². The predicted octanol–water partition coefficient (Wildman–Crippen LogP) is 2.12. The molecular weight excluding hydrogens is 160 g/mol. The van der Waals surface area contributed by atoms with Gasteiger partial charge in [-0.05, 0) is 18.3 Å². The summed E-state index contributed by atoms with van der Waals surface area (Å²) >= 11 is 0. The monoisotopic (exact) mass is 172 g/mol. The van der Waals surface area contributed by atoms with Crippen molar-refractivity contribution in [1.82, 2.24) is 0 Å². The molecule has 0 aromatic carbocycles. The van der Waals surface area contributed by atoms with Gasteiger partial charge in [0.2, 0.25) is 0 Å². The number of fused-ring (bicyclic) bond motifs is 6. The molecule has 4 bridgehead atoms. The number of carbonyl (C=O) groups excluding carboxylic acids is 1. The third-order valence-corrected chi connectivity index (χ3v) is 3.48. The largest absolute Gasteiger partial charge is 0.298 e. The summed E-state index contributed by atoms with van der Waals surface area (Å²) in [5, 5.41) is 0. The van der Waals surface area contributed by atoms with Crippen molar-refractivity contribution < 1.29 is 4.79 Å². The lowest BCUT2D eigenvalue weighted by molar-refractivity contribution is -0.127. The van der Waals surface area contributed by atoms with Gasteiger partial charge in [-0.3, -0.25) is 4.79 Å². The van der Waals surface area contributed by atoms with Crippen LogP contribution in [0.1, 0.15) is 6.42 Å². The van der Waals surface area contributed by atoms with Crippen molar-refractivity contribution >= 4 is 5.78 Å². The van der Waals surface area contributed by atoms with Crippen molar-refractivity contribution in [3.8, 4) is 0 Å². The SMILES string of the molecule is O=C1[C@H]2C=CC=C[C@H]1[C@H]1C=C[C@@H]2C1. The van der Waals surface area contributed by atoms with E-state index in [0.29, 0.717) is 17.6 Å². The number of carbonyl (C=O) groups is 1. The van der Waals surface area contributed by atoms with E-state index in [9.17, 15) is 4.79 Å². The Morgan fingerprint density at radius 3 is 2.00 bits per heavy atom. The summed E-state index contributed by atoms with van der Waals surface area (Å²) in [7, 11) is 0. The van der Waals surface area contributed by atoms with Gasteiger partial charge in [-0.2, -0.15) is 0 Å². The van der Waals surface area contributed by atoms with E-state index in [-0.39, 0.29) is 11.8 Å². The van der Waals surface area contributed by atoms with E-state index in [0.717, 1.165) is 0 Å². The molecule has 4 atom stereocenters. The first-order chi connectivity index (χ1) is 6.36. The average molecular weight is 172 g/mol. The second-order valence-corrected chi connectivity index (χ2v) is 4.17. The van der Waals surface area contributed by atoms with Crippen molar-refractivity contribution in [1.29, 1.82) is 0 Å². The van der Waals surface area contributed by atoms with Crippen molar-refractivity contribution in [2.45, 2.75) is 6.42 Å². The van der Waals surface area contributed by atoms with Crippen molar-refractivity contribution in [3.63, 3.8) is 0 Å². The molecule has 3 rings (SSSR count). The van der Waals surface area contributed by atoms with Crippen molar-refractivity contribution in [2.24, 2.45) is 23.7 Å². The van der Waals surface area contributed by atoms with Gasteiger partial charge in [-0.15, -0.1) is 0 Å². The lowest BCUT2D eigenvalue weighted by Crippen LogP contribution is -2.34. The molecule has 0 radical (unpaired) electrons. The first kappa shape index (κ1) is 7.31. The zero-order valence-corrected chi connectivity index (χ0v) is 7.39. The second-order valence-electron chi connectivity index (χ2n) is 4.17. The van der Waals surface area contributed by atoms with Crippen LogP contribution in [-0.4, -0.2) is 5.78 Å². The third kappa shape index (κ3) is 0.902. The first-order valence-corrected chi connectivity index (χ1v) is 4.93. The molecule has 1 nitrogen and oxygen atoms in total. The van der Waals surface area contributed by atoms with E-state index in [2.05, 4.69) is 24.3 Å². The summed E-state index contributed by atoms with van der Waals surface area (Å²) in [6, 6.07) is 0. The highest BCUT2D eigenvalue weighted by atomic mass is 16.1. The topological polar surface area (TPSA) is 17.1 Å². The minimum Gasteiger partial charge on any atom is -0.298 e. The van der Waals surface area contributed by atoms with Crippen LogP contribution in [0.4, 0.5) is 0 Å². The maximum absolute atomic E-state index is 11.9. The van der Waals surface area contributed by atoms with Gasteiger partial charge in [0.15, 0.2) is 0 Å². The summed E-state index contributed by atoms with van der Waals surface area (Å²) in [4.78, 5) is 11.9. The van der Waals surface area contributed by atoms with E-state index >= 15 is 0 Å². The zero-order valence-electron chi connectivity index (χ0n) is 7.39. The van der Waals surface area contributed by atoms with Gasteiger partial charge in [0, 0.05) is 11.8 Å². The molecule has 0 N–H and O–H groups in total. The Labute approximate surface area is 77.8 Å². The maximum Gasteiger partial charge on any atom is 0.147 e. The van der Waals surface area contributed by atoms with Crippen LogP contribution in [0.25, 0.3) is 0 Å². The zero-order chi connectivity index (χ0) is 8.84. The fraction of sp³-hybridized carbons (Fsp3) is 0.417. The van der Waals surface area contributed by atoms with Crippen LogP contribution in [0, 0.1) is 23.7 Å². The molecule has 0 amide bonds. The summed E-state index contributed by atoms with van der Waals surface area (Å²) in [5.74, 6) is 1.73. The lowest BCUT2D eigenvalue weighted by Gasteiger charge is -2.30. The Kier molecular flexibility index (Phi) is 1.37. The van der Waals surface area contributed by atoms with Crippen molar-refractivity contribution in [3.05, 3.63) is 36.5 Å². The lowest BCUT2D eigenvalue weighted by atomic mass is 9.72. The molecule has 3 aliphatic carbocycles.